The Morgan fingerprint density at radius 2 is 1.81 bits per heavy atom. The number of nitrogens with zero attached hydrogens (tertiary/aromatic N) is 2. The molecule has 4 rings (SSSR count). The fourth-order valence-electron chi connectivity index (χ4n) is 4.86. The number of anilines is 1. The molecule has 1 atom stereocenters. The number of carbonyl (C=O) groups is 1. The first-order valence-electron chi connectivity index (χ1n) is 11.7. The lowest BCUT2D eigenvalue weighted by atomic mass is 9.95. The molecule has 31 heavy (non-hydrogen) atoms. The van der Waals surface area contributed by atoms with Gasteiger partial charge in [0.15, 0.2) is 0 Å². The second-order valence-electron chi connectivity index (χ2n) is 8.69. The number of aryl methyl sites for hydroxylation is 1. The Hall–Kier alpha value is -2.53. The van der Waals surface area contributed by atoms with E-state index < -0.39 is 0 Å². The van der Waals surface area contributed by atoms with Gasteiger partial charge >= 0.3 is 0 Å². The first-order valence-corrected chi connectivity index (χ1v) is 11.7. The van der Waals surface area contributed by atoms with Gasteiger partial charge in [-0.1, -0.05) is 18.6 Å². The molecule has 0 aliphatic carbocycles. The lowest BCUT2D eigenvalue weighted by Gasteiger charge is -2.36. The summed E-state index contributed by atoms with van der Waals surface area (Å²) in [5.74, 6) is 0.770. The van der Waals surface area contributed by atoms with Crippen molar-refractivity contribution < 1.29 is 9.53 Å². The van der Waals surface area contributed by atoms with Gasteiger partial charge in [-0.05, 0) is 87.2 Å². The summed E-state index contributed by atoms with van der Waals surface area (Å²) in [4.78, 5) is 17.7. The van der Waals surface area contributed by atoms with Crippen LogP contribution in [0.2, 0.25) is 0 Å². The van der Waals surface area contributed by atoms with Crippen molar-refractivity contribution in [2.45, 2.75) is 45.1 Å². The SMILES string of the molecule is CCOc1ccc(C(=O)NC[C@H](c2ccc3c(c2)CCCN3C)N2CCCCC2)cc1. The summed E-state index contributed by atoms with van der Waals surface area (Å²) in [5, 5.41) is 3.20. The molecule has 2 aliphatic heterocycles. The minimum Gasteiger partial charge on any atom is -0.494 e. The quantitative estimate of drug-likeness (QED) is 0.719. The number of fused-ring (bicyclic) bond motifs is 1. The monoisotopic (exact) mass is 421 g/mol. The molecular weight excluding hydrogens is 386 g/mol. The van der Waals surface area contributed by atoms with Crippen LogP contribution < -0.4 is 15.0 Å². The highest BCUT2D eigenvalue weighted by Gasteiger charge is 2.25. The third kappa shape index (κ3) is 5.21. The van der Waals surface area contributed by atoms with E-state index in [1.807, 2.05) is 31.2 Å². The maximum absolute atomic E-state index is 12.8. The number of piperidine rings is 1. The van der Waals surface area contributed by atoms with E-state index in [2.05, 4.69) is 40.4 Å². The van der Waals surface area contributed by atoms with Gasteiger partial charge in [-0.2, -0.15) is 0 Å². The maximum atomic E-state index is 12.8. The molecule has 0 spiro atoms. The summed E-state index contributed by atoms with van der Waals surface area (Å²) < 4.78 is 5.49. The summed E-state index contributed by atoms with van der Waals surface area (Å²) in [7, 11) is 2.18. The van der Waals surface area contributed by atoms with Crippen molar-refractivity contribution in [2.75, 3.05) is 44.7 Å². The van der Waals surface area contributed by atoms with Gasteiger partial charge in [-0.25, -0.2) is 0 Å². The van der Waals surface area contributed by atoms with Crippen molar-refractivity contribution in [3.8, 4) is 5.75 Å². The summed E-state index contributed by atoms with van der Waals surface area (Å²) in [5.41, 5.74) is 4.78. The van der Waals surface area contributed by atoms with E-state index in [1.165, 1.54) is 42.5 Å². The van der Waals surface area contributed by atoms with Gasteiger partial charge in [-0.3, -0.25) is 9.69 Å². The fourth-order valence-corrected chi connectivity index (χ4v) is 4.86. The maximum Gasteiger partial charge on any atom is 0.251 e. The highest BCUT2D eigenvalue weighted by atomic mass is 16.5. The van der Waals surface area contributed by atoms with Gasteiger partial charge in [-0.15, -0.1) is 0 Å². The minimum atomic E-state index is -0.0252. The van der Waals surface area contributed by atoms with Crippen LogP contribution in [0.3, 0.4) is 0 Å². The van der Waals surface area contributed by atoms with Gasteiger partial charge in [0.2, 0.25) is 0 Å². The van der Waals surface area contributed by atoms with Crippen molar-refractivity contribution in [1.82, 2.24) is 10.2 Å². The number of nitrogens with one attached hydrogen (secondary N) is 1. The second kappa shape index (κ2) is 10.2. The molecule has 2 aromatic rings. The largest absolute Gasteiger partial charge is 0.494 e. The molecule has 2 aliphatic rings. The van der Waals surface area contributed by atoms with E-state index in [0.717, 1.165) is 31.8 Å². The minimum absolute atomic E-state index is 0.0252. The molecule has 2 aromatic carbocycles. The summed E-state index contributed by atoms with van der Waals surface area (Å²) in [6.45, 7) is 6.53. The van der Waals surface area contributed by atoms with Gasteiger partial charge in [0, 0.05) is 31.4 Å². The van der Waals surface area contributed by atoms with Crippen LogP contribution in [-0.4, -0.2) is 50.6 Å². The molecule has 5 nitrogen and oxygen atoms in total. The Morgan fingerprint density at radius 1 is 1.03 bits per heavy atom. The average Bonchev–Trinajstić information content (AvgIpc) is 2.80. The number of carbonyl (C=O) groups excluding carboxylic acids is 1. The van der Waals surface area contributed by atoms with Crippen molar-refractivity contribution in [1.29, 1.82) is 0 Å². The third-order valence-corrected chi connectivity index (χ3v) is 6.55. The van der Waals surface area contributed by atoms with E-state index in [0.29, 0.717) is 18.7 Å². The molecule has 0 aromatic heterocycles. The number of amides is 1. The topological polar surface area (TPSA) is 44.8 Å². The molecule has 166 valence electrons. The number of likely N-dealkylation sites (tertiary alicyclic amines) is 1. The average molecular weight is 422 g/mol. The first kappa shape index (κ1) is 21.7. The van der Waals surface area contributed by atoms with Crippen molar-refractivity contribution >= 4 is 11.6 Å². The van der Waals surface area contributed by atoms with E-state index in [1.54, 1.807) is 0 Å². The Labute approximate surface area is 186 Å². The van der Waals surface area contributed by atoms with Gasteiger partial charge in [0.25, 0.3) is 5.91 Å². The van der Waals surface area contributed by atoms with Crippen LogP contribution in [0.25, 0.3) is 0 Å². The molecule has 1 fully saturated rings. The molecule has 0 unspecified atom stereocenters. The zero-order valence-corrected chi connectivity index (χ0v) is 18.9. The third-order valence-electron chi connectivity index (χ3n) is 6.55. The molecule has 1 amide bonds. The Kier molecular flexibility index (Phi) is 7.13. The van der Waals surface area contributed by atoms with Gasteiger partial charge in [0.05, 0.1) is 12.6 Å². The van der Waals surface area contributed by atoms with Crippen LogP contribution >= 0.6 is 0 Å². The zero-order valence-electron chi connectivity index (χ0n) is 18.9. The lowest BCUT2D eigenvalue weighted by Crippen LogP contribution is -2.40. The van der Waals surface area contributed by atoms with E-state index in [9.17, 15) is 4.79 Å². The van der Waals surface area contributed by atoms with Crippen LogP contribution in [-0.2, 0) is 6.42 Å². The summed E-state index contributed by atoms with van der Waals surface area (Å²) >= 11 is 0. The van der Waals surface area contributed by atoms with Gasteiger partial charge in [0.1, 0.15) is 5.75 Å². The molecular formula is C26H35N3O2. The number of hydrogen-bond donors (Lipinski definition) is 1. The first-order chi connectivity index (χ1) is 15.2. The molecule has 0 bridgehead atoms. The molecule has 1 saturated heterocycles. The van der Waals surface area contributed by atoms with Crippen LogP contribution in [0, 0.1) is 0 Å². The highest BCUT2D eigenvalue weighted by molar-refractivity contribution is 5.94. The predicted octanol–water partition coefficient (Wildman–Crippen LogP) is 4.42. The lowest BCUT2D eigenvalue weighted by molar-refractivity contribution is 0.0924. The smallest absolute Gasteiger partial charge is 0.251 e. The van der Waals surface area contributed by atoms with Crippen molar-refractivity contribution in [2.24, 2.45) is 0 Å². The van der Waals surface area contributed by atoms with Crippen molar-refractivity contribution in [3.05, 3.63) is 59.2 Å². The Bertz CT molecular complexity index is 875. The second-order valence-corrected chi connectivity index (χ2v) is 8.69. The zero-order chi connectivity index (χ0) is 21.6. The van der Waals surface area contributed by atoms with Gasteiger partial charge < -0.3 is 15.0 Å². The van der Waals surface area contributed by atoms with Crippen LogP contribution in [0.1, 0.15) is 60.1 Å². The van der Waals surface area contributed by atoms with E-state index >= 15 is 0 Å². The Morgan fingerprint density at radius 3 is 2.55 bits per heavy atom. The predicted molar refractivity (Wildman–Crippen MR) is 126 cm³/mol. The van der Waals surface area contributed by atoms with Crippen LogP contribution in [0.4, 0.5) is 5.69 Å². The summed E-state index contributed by atoms with van der Waals surface area (Å²) in [6, 6.07) is 14.5. The number of benzene rings is 2. The van der Waals surface area contributed by atoms with E-state index in [4.69, 9.17) is 4.74 Å². The fraction of sp³-hybridized carbons (Fsp3) is 0.500. The molecule has 0 radical (unpaired) electrons. The van der Waals surface area contributed by atoms with Crippen molar-refractivity contribution in [3.63, 3.8) is 0 Å². The van der Waals surface area contributed by atoms with Crippen LogP contribution in [0.15, 0.2) is 42.5 Å². The van der Waals surface area contributed by atoms with E-state index in [-0.39, 0.29) is 11.9 Å². The number of ether oxygens (including phenoxy) is 1. The molecule has 1 N–H and O–H groups in total. The number of hydrogen-bond acceptors (Lipinski definition) is 4. The molecule has 5 heteroatoms. The molecule has 0 saturated carbocycles. The highest BCUT2D eigenvalue weighted by Crippen LogP contribution is 2.31. The normalized spacial score (nSPS) is 17.7. The van der Waals surface area contributed by atoms with Crippen LogP contribution in [0.5, 0.6) is 5.75 Å². The summed E-state index contributed by atoms with van der Waals surface area (Å²) in [6.07, 6.45) is 6.11. The Balaban J connectivity index is 1.50. The number of rotatable bonds is 7. The standard InChI is InChI=1S/C26H35N3O2/c1-3-31-23-12-9-20(10-13-23)26(30)27-19-25(29-16-5-4-6-17-29)22-11-14-24-21(18-22)8-7-15-28(24)2/h9-14,18,25H,3-8,15-17,19H2,1-2H3,(H,27,30)/t25-/m1/s1. The molecule has 2 heterocycles.